The summed E-state index contributed by atoms with van der Waals surface area (Å²) in [4.78, 5) is 16.1. The summed E-state index contributed by atoms with van der Waals surface area (Å²) in [5.74, 6) is 3.08. The van der Waals surface area contributed by atoms with Crippen molar-refractivity contribution >= 4 is 17.8 Å². The molecule has 0 N–H and O–H groups in total. The van der Waals surface area contributed by atoms with E-state index in [1.165, 1.54) is 0 Å². The molecule has 0 saturated carbocycles. The highest BCUT2D eigenvalue weighted by Crippen LogP contribution is 2.29. The van der Waals surface area contributed by atoms with Crippen LogP contribution in [-0.4, -0.2) is 24.9 Å². The molecule has 0 aliphatic carbocycles. The maximum absolute atomic E-state index is 11.5. The van der Waals surface area contributed by atoms with Crippen molar-refractivity contribution in [2.45, 2.75) is 13.8 Å². The van der Waals surface area contributed by atoms with Crippen LogP contribution in [0.5, 0.6) is 11.5 Å². The fourth-order valence-corrected chi connectivity index (χ4v) is 1.81. The van der Waals surface area contributed by atoms with E-state index in [-0.39, 0.29) is 6.61 Å². The minimum Gasteiger partial charge on any atom is -0.490 e. The first-order valence-electron chi connectivity index (χ1n) is 6.46. The van der Waals surface area contributed by atoms with Gasteiger partial charge in [-0.15, -0.1) is 6.42 Å². The van der Waals surface area contributed by atoms with Crippen molar-refractivity contribution in [3.8, 4) is 23.8 Å². The van der Waals surface area contributed by atoms with Crippen molar-refractivity contribution in [1.29, 1.82) is 0 Å². The molecule has 1 aromatic rings. The van der Waals surface area contributed by atoms with E-state index in [2.05, 4.69) is 15.9 Å². The van der Waals surface area contributed by atoms with Gasteiger partial charge >= 0.3 is 5.97 Å². The van der Waals surface area contributed by atoms with Crippen LogP contribution >= 0.6 is 0 Å². The molecule has 0 aromatic heterocycles. The maximum atomic E-state index is 11.5. The fourth-order valence-electron chi connectivity index (χ4n) is 1.81. The number of rotatable bonds is 5. The Hall–Kier alpha value is -2.74. The first-order chi connectivity index (χ1) is 10.2. The van der Waals surface area contributed by atoms with E-state index in [9.17, 15) is 4.79 Å². The summed E-state index contributed by atoms with van der Waals surface area (Å²) in [6.07, 6.45) is 6.88. The van der Waals surface area contributed by atoms with Crippen LogP contribution in [0.4, 0.5) is 0 Å². The molecule has 0 bridgehead atoms. The summed E-state index contributed by atoms with van der Waals surface area (Å²) in [6.45, 7) is 4.25. The lowest BCUT2D eigenvalue weighted by Gasteiger charge is -2.11. The topological polar surface area (TPSA) is 57.1 Å². The fraction of sp³-hybridized carbons (Fsp3) is 0.250. The SMILES string of the molecule is C#CCOc1ccc(/C=C2/C(=O)ON=C2C)cc1OCC. The van der Waals surface area contributed by atoms with Crippen LogP contribution in [0.2, 0.25) is 0 Å². The molecular formula is C16H15NO4. The van der Waals surface area contributed by atoms with Crippen molar-refractivity contribution < 1.29 is 19.1 Å². The van der Waals surface area contributed by atoms with Crippen molar-refractivity contribution in [1.82, 2.24) is 0 Å². The number of benzene rings is 1. The van der Waals surface area contributed by atoms with E-state index in [0.717, 1.165) is 5.56 Å². The van der Waals surface area contributed by atoms with Gasteiger partial charge in [-0.05, 0) is 37.6 Å². The Balaban J connectivity index is 2.32. The molecule has 108 valence electrons. The predicted octanol–water partition coefficient (Wildman–Crippen LogP) is 2.41. The van der Waals surface area contributed by atoms with Crippen LogP contribution in [-0.2, 0) is 9.63 Å². The minimum absolute atomic E-state index is 0.165. The molecule has 5 heteroatoms. The third-order valence-corrected chi connectivity index (χ3v) is 2.76. The summed E-state index contributed by atoms with van der Waals surface area (Å²) < 4.78 is 10.9. The van der Waals surface area contributed by atoms with Gasteiger partial charge in [-0.3, -0.25) is 0 Å². The number of carbonyl (C=O) groups excluding carboxylic acids is 1. The standard InChI is InChI=1S/C16H15NO4/c1-4-8-20-14-7-6-12(10-15(14)19-5-2)9-13-11(3)17-21-16(13)18/h1,6-7,9-10H,5,8H2,2-3H3/b13-9+. The molecule has 1 heterocycles. The normalized spacial score (nSPS) is 15.4. The zero-order chi connectivity index (χ0) is 15.2. The van der Waals surface area contributed by atoms with Crippen LogP contribution in [0, 0.1) is 12.3 Å². The molecule has 0 atom stereocenters. The highest BCUT2D eigenvalue weighted by Gasteiger charge is 2.21. The van der Waals surface area contributed by atoms with Crippen molar-refractivity contribution in [2.24, 2.45) is 5.16 Å². The van der Waals surface area contributed by atoms with Crippen LogP contribution in [0.1, 0.15) is 19.4 Å². The number of terminal acetylenes is 1. The molecule has 0 fully saturated rings. The van der Waals surface area contributed by atoms with Crippen LogP contribution in [0.3, 0.4) is 0 Å². The molecular weight excluding hydrogens is 270 g/mol. The molecule has 5 nitrogen and oxygen atoms in total. The third kappa shape index (κ3) is 3.42. The lowest BCUT2D eigenvalue weighted by atomic mass is 10.1. The van der Waals surface area contributed by atoms with Gasteiger partial charge in [0.2, 0.25) is 0 Å². The van der Waals surface area contributed by atoms with Gasteiger partial charge in [0.1, 0.15) is 6.61 Å². The Morgan fingerprint density at radius 2 is 2.19 bits per heavy atom. The van der Waals surface area contributed by atoms with E-state index in [0.29, 0.717) is 29.4 Å². The third-order valence-electron chi connectivity index (χ3n) is 2.76. The van der Waals surface area contributed by atoms with Crippen molar-refractivity contribution in [3.05, 3.63) is 29.3 Å². The zero-order valence-electron chi connectivity index (χ0n) is 11.9. The Morgan fingerprint density at radius 1 is 1.38 bits per heavy atom. The number of nitrogens with zero attached hydrogens (tertiary/aromatic N) is 1. The molecule has 0 radical (unpaired) electrons. The first-order valence-corrected chi connectivity index (χ1v) is 6.46. The second kappa shape index (κ2) is 6.62. The van der Waals surface area contributed by atoms with Gasteiger partial charge in [0.05, 0.1) is 17.9 Å². The second-order valence-electron chi connectivity index (χ2n) is 4.25. The molecule has 0 unspecified atom stereocenters. The smallest absolute Gasteiger partial charge is 0.367 e. The van der Waals surface area contributed by atoms with E-state index < -0.39 is 5.97 Å². The minimum atomic E-state index is -0.460. The highest BCUT2D eigenvalue weighted by molar-refractivity contribution is 6.24. The van der Waals surface area contributed by atoms with Gasteiger partial charge in [-0.2, -0.15) is 0 Å². The van der Waals surface area contributed by atoms with Gasteiger partial charge in [0, 0.05) is 0 Å². The lowest BCUT2D eigenvalue weighted by Crippen LogP contribution is -2.02. The summed E-state index contributed by atoms with van der Waals surface area (Å²) >= 11 is 0. The molecule has 21 heavy (non-hydrogen) atoms. The molecule has 1 aliphatic heterocycles. The van der Waals surface area contributed by atoms with Crippen LogP contribution in [0.15, 0.2) is 28.9 Å². The monoisotopic (exact) mass is 285 g/mol. The van der Waals surface area contributed by atoms with Crippen LogP contribution < -0.4 is 9.47 Å². The number of carbonyl (C=O) groups is 1. The average molecular weight is 285 g/mol. The quantitative estimate of drug-likeness (QED) is 0.473. The highest BCUT2D eigenvalue weighted by atomic mass is 16.7. The lowest BCUT2D eigenvalue weighted by molar-refractivity contribution is -0.136. The summed E-state index contributed by atoms with van der Waals surface area (Å²) in [7, 11) is 0. The van der Waals surface area contributed by atoms with E-state index >= 15 is 0 Å². The molecule has 0 saturated heterocycles. The van der Waals surface area contributed by atoms with E-state index in [4.69, 9.17) is 15.9 Å². The first kappa shape index (κ1) is 14.7. The van der Waals surface area contributed by atoms with Crippen LogP contribution in [0.25, 0.3) is 6.08 Å². The van der Waals surface area contributed by atoms with E-state index in [1.807, 2.05) is 6.92 Å². The predicted molar refractivity (Wildman–Crippen MR) is 79.1 cm³/mol. The van der Waals surface area contributed by atoms with Gasteiger partial charge < -0.3 is 14.3 Å². The molecule has 1 aromatic carbocycles. The summed E-state index contributed by atoms with van der Waals surface area (Å²) in [5.41, 5.74) is 1.76. The Kier molecular flexibility index (Phi) is 4.62. The Labute approximate surface area is 123 Å². The number of oxime groups is 1. The van der Waals surface area contributed by atoms with Gasteiger partial charge in [-0.1, -0.05) is 17.1 Å². The number of hydrogen-bond donors (Lipinski definition) is 0. The van der Waals surface area contributed by atoms with Gasteiger partial charge in [0.15, 0.2) is 11.5 Å². The largest absolute Gasteiger partial charge is 0.490 e. The molecule has 2 rings (SSSR count). The maximum Gasteiger partial charge on any atom is 0.367 e. The molecule has 1 aliphatic rings. The van der Waals surface area contributed by atoms with E-state index in [1.54, 1.807) is 31.2 Å². The second-order valence-corrected chi connectivity index (χ2v) is 4.25. The summed E-state index contributed by atoms with van der Waals surface area (Å²) in [6, 6.07) is 5.34. The summed E-state index contributed by atoms with van der Waals surface area (Å²) in [5, 5.41) is 3.63. The Morgan fingerprint density at radius 3 is 2.81 bits per heavy atom. The zero-order valence-corrected chi connectivity index (χ0v) is 11.9. The van der Waals surface area contributed by atoms with Gasteiger partial charge in [0.25, 0.3) is 0 Å². The number of hydrogen-bond acceptors (Lipinski definition) is 5. The average Bonchev–Trinajstić information content (AvgIpc) is 2.79. The number of ether oxygens (including phenoxy) is 2. The van der Waals surface area contributed by atoms with Crippen molar-refractivity contribution in [2.75, 3.05) is 13.2 Å². The Bertz CT molecular complexity index is 653. The van der Waals surface area contributed by atoms with Crippen molar-refractivity contribution in [3.63, 3.8) is 0 Å². The molecule has 0 spiro atoms. The van der Waals surface area contributed by atoms with Gasteiger partial charge in [-0.25, -0.2) is 4.79 Å². The molecule has 0 amide bonds.